The van der Waals surface area contributed by atoms with Gasteiger partial charge >= 0.3 is 5.97 Å². The van der Waals surface area contributed by atoms with Crippen LogP contribution in [0.15, 0.2) is 18.2 Å². The largest absolute Gasteiger partial charge is 0.481 e. The SMILES string of the molecule is Cc1cc(F)ccc1CS(=O)CCC(=O)O. The number of aryl methyl sites for hydroxylation is 1. The van der Waals surface area contributed by atoms with Crippen LogP contribution in [0.2, 0.25) is 0 Å². The molecule has 1 aromatic rings. The molecule has 0 aliphatic rings. The highest BCUT2D eigenvalue weighted by Gasteiger charge is 2.07. The van der Waals surface area contributed by atoms with E-state index in [1.54, 1.807) is 13.0 Å². The highest BCUT2D eigenvalue weighted by molar-refractivity contribution is 7.84. The van der Waals surface area contributed by atoms with Crippen molar-refractivity contribution < 1.29 is 18.5 Å². The quantitative estimate of drug-likeness (QED) is 0.860. The van der Waals surface area contributed by atoms with E-state index in [0.29, 0.717) is 0 Å². The third kappa shape index (κ3) is 4.10. The smallest absolute Gasteiger partial charge is 0.304 e. The molecule has 0 saturated heterocycles. The van der Waals surface area contributed by atoms with Crippen LogP contribution in [-0.4, -0.2) is 21.0 Å². The van der Waals surface area contributed by atoms with Crippen molar-refractivity contribution in [2.45, 2.75) is 19.1 Å². The summed E-state index contributed by atoms with van der Waals surface area (Å²) in [5.74, 6) is -0.868. The fourth-order valence-electron chi connectivity index (χ4n) is 1.27. The lowest BCUT2D eigenvalue weighted by Crippen LogP contribution is -2.07. The van der Waals surface area contributed by atoms with E-state index in [1.165, 1.54) is 12.1 Å². The summed E-state index contributed by atoms with van der Waals surface area (Å²) in [6, 6.07) is 4.28. The molecule has 16 heavy (non-hydrogen) atoms. The van der Waals surface area contributed by atoms with Crippen molar-refractivity contribution in [3.05, 3.63) is 35.1 Å². The molecule has 0 amide bonds. The van der Waals surface area contributed by atoms with Crippen molar-refractivity contribution in [3.63, 3.8) is 0 Å². The van der Waals surface area contributed by atoms with Crippen LogP contribution in [0.5, 0.6) is 0 Å². The summed E-state index contributed by atoms with van der Waals surface area (Å²) >= 11 is 0. The van der Waals surface area contributed by atoms with Gasteiger partial charge in [-0.2, -0.15) is 0 Å². The van der Waals surface area contributed by atoms with Crippen LogP contribution < -0.4 is 0 Å². The topological polar surface area (TPSA) is 54.4 Å². The predicted octanol–water partition coefficient (Wildman–Crippen LogP) is 1.86. The Hall–Kier alpha value is -1.23. The summed E-state index contributed by atoms with van der Waals surface area (Å²) in [4.78, 5) is 10.3. The molecule has 0 aliphatic heterocycles. The lowest BCUT2D eigenvalue weighted by Gasteiger charge is -2.05. The van der Waals surface area contributed by atoms with Crippen molar-refractivity contribution in [3.8, 4) is 0 Å². The van der Waals surface area contributed by atoms with E-state index in [0.717, 1.165) is 11.1 Å². The molecule has 1 aromatic carbocycles. The molecule has 0 aliphatic carbocycles. The van der Waals surface area contributed by atoms with Gasteiger partial charge in [-0.1, -0.05) is 6.07 Å². The van der Waals surface area contributed by atoms with Crippen LogP contribution in [0.25, 0.3) is 0 Å². The number of carboxylic acid groups (broad SMARTS) is 1. The van der Waals surface area contributed by atoms with Crippen molar-refractivity contribution in [1.29, 1.82) is 0 Å². The Morgan fingerprint density at radius 1 is 1.50 bits per heavy atom. The highest BCUT2D eigenvalue weighted by atomic mass is 32.2. The highest BCUT2D eigenvalue weighted by Crippen LogP contribution is 2.12. The number of carbonyl (C=O) groups is 1. The molecular weight excluding hydrogens is 231 g/mol. The van der Waals surface area contributed by atoms with Crippen LogP contribution in [0.1, 0.15) is 17.5 Å². The number of aliphatic carboxylic acids is 1. The van der Waals surface area contributed by atoms with Gasteiger partial charge in [-0.15, -0.1) is 0 Å². The van der Waals surface area contributed by atoms with Crippen LogP contribution in [-0.2, 0) is 21.3 Å². The molecule has 0 spiro atoms. The number of carboxylic acids is 1. The van der Waals surface area contributed by atoms with E-state index < -0.39 is 16.8 Å². The summed E-state index contributed by atoms with van der Waals surface area (Å²) in [6.45, 7) is 1.74. The lowest BCUT2D eigenvalue weighted by molar-refractivity contribution is -0.136. The lowest BCUT2D eigenvalue weighted by atomic mass is 10.1. The van der Waals surface area contributed by atoms with Crippen LogP contribution in [0.3, 0.4) is 0 Å². The molecule has 1 unspecified atom stereocenters. The Morgan fingerprint density at radius 2 is 2.19 bits per heavy atom. The monoisotopic (exact) mass is 244 g/mol. The summed E-state index contributed by atoms with van der Waals surface area (Å²) in [5, 5.41) is 8.44. The van der Waals surface area contributed by atoms with E-state index in [9.17, 15) is 13.4 Å². The van der Waals surface area contributed by atoms with Crippen molar-refractivity contribution in [2.75, 3.05) is 5.75 Å². The van der Waals surface area contributed by atoms with Gasteiger partial charge in [0.05, 0.1) is 6.42 Å². The zero-order chi connectivity index (χ0) is 12.1. The Bertz CT molecular complexity index is 418. The normalized spacial score (nSPS) is 12.4. The molecule has 88 valence electrons. The zero-order valence-corrected chi connectivity index (χ0v) is 9.72. The third-order valence-electron chi connectivity index (χ3n) is 2.16. The fourth-order valence-corrected chi connectivity index (χ4v) is 2.49. The standard InChI is InChI=1S/C11H13FO3S/c1-8-6-10(12)3-2-9(8)7-16(15)5-4-11(13)14/h2-3,6H,4-5,7H2,1H3,(H,13,14). The summed E-state index contributed by atoms with van der Waals surface area (Å²) < 4.78 is 24.3. The molecule has 0 saturated carbocycles. The predicted molar refractivity (Wildman–Crippen MR) is 60.1 cm³/mol. The Labute approximate surface area is 95.8 Å². The number of hydrogen-bond acceptors (Lipinski definition) is 2. The number of benzene rings is 1. The molecular formula is C11H13FO3S. The first-order valence-electron chi connectivity index (χ1n) is 4.81. The van der Waals surface area contributed by atoms with Gasteiger partial charge in [-0.05, 0) is 30.2 Å². The minimum absolute atomic E-state index is 0.104. The van der Waals surface area contributed by atoms with Crippen LogP contribution in [0, 0.1) is 12.7 Å². The maximum absolute atomic E-state index is 12.8. The van der Waals surface area contributed by atoms with Gasteiger partial charge in [-0.3, -0.25) is 9.00 Å². The van der Waals surface area contributed by atoms with Gasteiger partial charge in [0.25, 0.3) is 0 Å². The van der Waals surface area contributed by atoms with Crippen LogP contribution in [0.4, 0.5) is 4.39 Å². The molecule has 3 nitrogen and oxygen atoms in total. The second-order valence-electron chi connectivity index (χ2n) is 3.50. The molecule has 5 heteroatoms. The van der Waals surface area contributed by atoms with E-state index in [4.69, 9.17) is 5.11 Å². The molecule has 1 rings (SSSR count). The summed E-state index contributed by atoms with van der Waals surface area (Å²) in [7, 11) is -1.21. The second-order valence-corrected chi connectivity index (χ2v) is 5.08. The Morgan fingerprint density at radius 3 is 2.75 bits per heavy atom. The van der Waals surface area contributed by atoms with E-state index in [1.807, 2.05) is 0 Å². The summed E-state index contributed by atoms with van der Waals surface area (Å²) in [6.07, 6.45) is -0.104. The van der Waals surface area contributed by atoms with Crippen molar-refractivity contribution in [1.82, 2.24) is 0 Å². The zero-order valence-electron chi connectivity index (χ0n) is 8.90. The van der Waals surface area contributed by atoms with Gasteiger partial charge in [0.2, 0.25) is 0 Å². The van der Waals surface area contributed by atoms with Gasteiger partial charge in [-0.25, -0.2) is 4.39 Å². The number of rotatable bonds is 5. The minimum atomic E-state index is -1.21. The van der Waals surface area contributed by atoms with Gasteiger partial charge in [0, 0.05) is 22.3 Å². The van der Waals surface area contributed by atoms with E-state index in [2.05, 4.69) is 0 Å². The second kappa shape index (κ2) is 5.75. The molecule has 1 atom stereocenters. The maximum Gasteiger partial charge on any atom is 0.304 e. The minimum Gasteiger partial charge on any atom is -0.481 e. The first-order chi connectivity index (χ1) is 7.49. The van der Waals surface area contributed by atoms with Crippen molar-refractivity contribution in [2.24, 2.45) is 0 Å². The van der Waals surface area contributed by atoms with Gasteiger partial charge in [0.1, 0.15) is 5.82 Å². The van der Waals surface area contributed by atoms with E-state index >= 15 is 0 Å². The third-order valence-corrected chi connectivity index (χ3v) is 3.46. The average Bonchev–Trinajstić information content (AvgIpc) is 2.19. The maximum atomic E-state index is 12.8. The average molecular weight is 244 g/mol. The van der Waals surface area contributed by atoms with Gasteiger partial charge < -0.3 is 5.11 Å². The molecule has 0 bridgehead atoms. The summed E-state index contributed by atoms with van der Waals surface area (Å²) in [5.41, 5.74) is 1.54. The molecule has 0 fully saturated rings. The number of hydrogen-bond donors (Lipinski definition) is 1. The van der Waals surface area contributed by atoms with Crippen molar-refractivity contribution >= 4 is 16.8 Å². The first kappa shape index (κ1) is 12.8. The van der Waals surface area contributed by atoms with Gasteiger partial charge in [0.15, 0.2) is 0 Å². The fraction of sp³-hybridized carbons (Fsp3) is 0.364. The number of halogens is 1. The molecule has 0 aromatic heterocycles. The molecule has 1 N–H and O–H groups in total. The molecule has 0 radical (unpaired) electrons. The van der Waals surface area contributed by atoms with E-state index in [-0.39, 0.29) is 23.7 Å². The Balaban J connectivity index is 2.59. The first-order valence-corrected chi connectivity index (χ1v) is 6.29. The Kier molecular flexibility index (Phi) is 4.61. The molecule has 0 heterocycles. The van der Waals surface area contributed by atoms with Crippen LogP contribution >= 0.6 is 0 Å².